The number of para-hydroxylation sites is 4. The second-order valence-corrected chi connectivity index (χ2v) is 13.9. The summed E-state index contributed by atoms with van der Waals surface area (Å²) in [7, 11) is 0. The third-order valence-electron chi connectivity index (χ3n) is 11.1. The summed E-state index contributed by atoms with van der Waals surface area (Å²) < 4.78 is 5.12. The lowest BCUT2D eigenvalue weighted by molar-refractivity contribution is 1.11. The van der Waals surface area contributed by atoms with Crippen molar-refractivity contribution in [3.8, 4) is 11.4 Å². The molecule has 7 aromatic carbocycles. The quantitative estimate of drug-likeness (QED) is 0.175. The number of nitrogens with zero attached hydrogens (tertiary/aromatic N) is 3. The average Bonchev–Trinajstić information content (AvgIpc) is 3.64. The molecule has 11 rings (SSSR count). The molecular weight excluding hydrogens is 593 g/mol. The van der Waals surface area contributed by atoms with Crippen molar-refractivity contribution in [2.45, 2.75) is 20.8 Å². The monoisotopic (exact) mass is 625 g/mol. The van der Waals surface area contributed by atoms with Crippen LogP contribution in [0.2, 0.25) is 0 Å². The molecule has 4 heterocycles. The van der Waals surface area contributed by atoms with Crippen LogP contribution in [-0.4, -0.2) is 15.8 Å². The molecular formula is C45H32BN3. The van der Waals surface area contributed by atoms with Gasteiger partial charge in [0.25, 0.3) is 6.71 Å². The lowest BCUT2D eigenvalue weighted by Gasteiger charge is -2.40. The van der Waals surface area contributed by atoms with Gasteiger partial charge in [0.15, 0.2) is 0 Å². The largest absolute Gasteiger partial charge is 0.311 e. The minimum absolute atomic E-state index is 0.137. The first-order valence-corrected chi connectivity index (χ1v) is 17.2. The predicted molar refractivity (Wildman–Crippen MR) is 209 cm³/mol. The van der Waals surface area contributed by atoms with Gasteiger partial charge in [-0.2, -0.15) is 0 Å². The van der Waals surface area contributed by atoms with Gasteiger partial charge >= 0.3 is 0 Å². The van der Waals surface area contributed by atoms with E-state index in [0.717, 1.165) is 0 Å². The van der Waals surface area contributed by atoms with Crippen LogP contribution in [0.15, 0.2) is 140 Å². The first-order valence-electron chi connectivity index (χ1n) is 17.2. The number of aryl methyl sites for hydroxylation is 3. The molecule has 49 heavy (non-hydrogen) atoms. The van der Waals surface area contributed by atoms with Gasteiger partial charge in [0, 0.05) is 49.8 Å². The van der Waals surface area contributed by atoms with Crippen molar-refractivity contribution < 1.29 is 0 Å². The van der Waals surface area contributed by atoms with Crippen molar-refractivity contribution in [2.24, 2.45) is 0 Å². The summed E-state index contributed by atoms with van der Waals surface area (Å²) in [5.41, 5.74) is 19.3. The Balaban J connectivity index is 1.33. The van der Waals surface area contributed by atoms with Crippen LogP contribution in [0, 0.1) is 20.8 Å². The molecule has 0 amide bonds. The summed E-state index contributed by atoms with van der Waals surface area (Å²) in [6.45, 7) is 6.84. The first kappa shape index (κ1) is 27.0. The van der Waals surface area contributed by atoms with E-state index < -0.39 is 0 Å². The van der Waals surface area contributed by atoms with Crippen molar-refractivity contribution >= 4 is 83.8 Å². The molecule has 2 aromatic heterocycles. The Bertz CT molecular complexity index is 2850. The van der Waals surface area contributed by atoms with Crippen molar-refractivity contribution in [3.63, 3.8) is 0 Å². The number of hydrogen-bond donors (Lipinski definition) is 0. The Kier molecular flexibility index (Phi) is 5.26. The van der Waals surface area contributed by atoms with E-state index in [4.69, 9.17) is 0 Å². The van der Waals surface area contributed by atoms with Crippen LogP contribution < -0.4 is 21.3 Å². The summed E-state index contributed by atoms with van der Waals surface area (Å²) in [5.74, 6) is 0. The highest BCUT2D eigenvalue weighted by Crippen LogP contribution is 2.45. The van der Waals surface area contributed by atoms with E-state index in [9.17, 15) is 0 Å². The van der Waals surface area contributed by atoms with E-state index in [1.54, 1.807) is 0 Å². The zero-order valence-corrected chi connectivity index (χ0v) is 27.7. The van der Waals surface area contributed by atoms with Gasteiger partial charge in [0.1, 0.15) is 0 Å². The third kappa shape index (κ3) is 3.38. The Morgan fingerprint density at radius 1 is 0.469 bits per heavy atom. The normalized spacial score (nSPS) is 13.1. The maximum absolute atomic E-state index is 2.61. The SMILES string of the molecule is Cc1cc(C)c(-n2c3ccccc3c3c2ccc2c4cccc5c4n(c23)-c2cccc3c2B5c2ccccc2N3c2ccccc2)c(C)c1. The minimum Gasteiger partial charge on any atom is -0.311 e. The molecule has 2 aliphatic rings. The average molecular weight is 626 g/mol. The fourth-order valence-electron chi connectivity index (χ4n) is 9.50. The molecule has 0 saturated carbocycles. The molecule has 2 aliphatic heterocycles. The molecule has 230 valence electrons. The molecule has 0 N–H and O–H groups in total. The second-order valence-electron chi connectivity index (χ2n) is 13.9. The van der Waals surface area contributed by atoms with E-state index in [1.807, 2.05) is 0 Å². The number of hydrogen-bond acceptors (Lipinski definition) is 1. The van der Waals surface area contributed by atoms with Crippen LogP contribution in [0.1, 0.15) is 16.7 Å². The van der Waals surface area contributed by atoms with Crippen LogP contribution in [-0.2, 0) is 0 Å². The molecule has 0 unspecified atom stereocenters. The first-order chi connectivity index (χ1) is 24.1. The van der Waals surface area contributed by atoms with Crippen molar-refractivity contribution in [3.05, 3.63) is 156 Å². The Morgan fingerprint density at radius 2 is 1.12 bits per heavy atom. The maximum Gasteiger partial charge on any atom is 0.252 e. The maximum atomic E-state index is 2.61. The summed E-state index contributed by atoms with van der Waals surface area (Å²) in [6, 6.07) is 52.1. The smallest absolute Gasteiger partial charge is 0.252 e. The Labute approximate surface area is 285 Å². The van der Waals surface area contributed by atoms with E-state index in [1.165, 1.54) is 105 Å². The summed E-state index contributed by atoms with van der Waals surface area (Å²) in [4.78, 5) is 2.46. The zero-order chi connectivity index (χ0) is 32.5. The molecule has 9 aromatic rings. The van der Waals surface area contributed by atoms with Crippen LogP contribution in [0.3, 0.4) is 0 Å². The highest BCUT2D eigenvalue weighted by molar-refractivity contribution is 7.00. The van der Waals surface area contributed by atoms with E-state index >= 15 is 0 Å². The number of benzene rings is 7. The molecule has 0 spiro atoms. The number of rotatable bonds is 2. The summed E-state index contributed by atoms with van der Waals surface area (Å²) in [5, 5.41) is 5.20. The predicted octanol–water partition coefficient (Wildman–Crippen LogP) is 9.42. The zero-order valence-electron chi connectivity index (χ0n) is 27.7. The molecule has 0 atom stereocenters. The van der Waals surface area contributed by atoms with E-state index in [0.29, 0.717) is 0 Å². The van der Waals surface area contributed by atoms with E-state index in [2.05, 4.69) is 174 Å². The molecule has 0 aliphatic carbocycles. The second kappa shape index (κ2) is 9.55. The molecule has 4 heteroatoms. The van der Waals surface area contributed by atoms with Crippen molar-refractivity contribution in [1.82, 2.24) is 9.13 Å². The van der Waals surface area contributed by atoms with Gasteiger partial charge in [-0.25, -0.2) is 0 Å². The number of anilines is 3. The fourth-order valence-corrected chi connectivity index (χ4v) is 9.50. The fraction of sp³-hybridized carbons (Fsp3) is 0.0667. The van der Waals surface area contributed by atoms with Crippen LogP contribution in [0.25, 0.3) is 55.0 Å². The summed E-state index contributed by atoms with van der Waals surface area (Å²) >= 11 is 0. The van der Waals surface area contributed by atoms with Crippen LogP contribution in [0.5, 0.6) is 0 Å². The minimum atomic E-state index is 0.137. The van der Waals surface area contributed by atoms with Gasteiger partial charge in [0.2, 0.25) is 0 Å². The Morgan fingerprint density at radius 3 is 1.98 bits per heavy atom. The lowest BCUT2D eigenvalue weighted by Crippen LogP contribution is -2.60. The standard InChI is InChI=1S/C45H32BN3/c1-27-25-28(2)43(29(3)26-27)48-36-19-9-7-15-33(36)41-38(48)24-23-32-31-16-11-18-35-44(31)49(45(32)41)40-22-12-21-39-42(40)46(35)34-17-8-10-20-37(34)47(39)30-13-5-4-6-14-30/h4-26H,1-3H3. The molecule has 0 saturated heterocycles. The van der Waals surface area contributed by atoms with Crippen molar-refractivity contribution in [2.75, 3.05) is 4.90 Å². The van der Waals surface area contributed by atoms with Gasteiger partial charge in [-0.3, -0.25) is 0 Å². The summed E-state index contributed by atoms with van der Waals surface area (Å²) in [6.07, 6.45) is 0. The van der Waals surface area contributed by atoms with Gasteiger partial charge in [-0.15, -0.1) is 0 Å². The van der Waals surface area contributed by atoms with Gasteiger partial charge in [-0.05, 0) is 90.8 Å². The third-order valence-corrected chi connectivity index (χ3v) is 11.1. The number of fused-ring (bicyclic) bond motifs is 11. The molecule has 3 nitrogen and oxygen atoms in total. The lowest BCUT2D eigenvalue weighted by atomic mass is 9.34. The van der Waals surface area contributed by atoms with Crippen LogP contribution >= 0.6 is 0 Å². The van der Waals surface area contributed by atoms with Crippen LogP contribution in [0.4, 0.5) is 17.1 Å². The topological polar surface area (TPSA) is 13.1 Å². The van der Waals surface area contributed by atoms with Gasteiger partial charge in [-0.1, -0.05) is 103 Å². The highest BCUT2D eigenvalue weighted by atomic mass is 15.2. The molecule has 0 radical (unpaired) electrons. The molecule has 0 fully saturated rings. The van der Waals surface area contributed by atoms with Gasteiger partial charge in [0.05, 0.1) is 22.2 Å². The van der Waals surface area contributed by atoms with Crippen molar-refractivity contribution in [1.29, 1.82) is 0 Å². The van der Waals surface area contributed by atoms with E-state index in [-0.39, 0.29) is 6.71 Å². The van der Waals surface area contributed by atoms with Gasteiger partial charge < -0.3 is 14.0 Å². The highest BCUT2D eigenvalue weighted by Gasteiger charge is 2.41. The molecule has 0 bridgehead atoms. The number of aromatic nitrogens is 2. The Hall–Kier alpha value is -6.00.